The minimum Gasteiger partial charge on any atom is -0.353 e. The van der Waals surface area contributed by atoms with E-state index in [9.17, 15) is 4.79 Å². The molecule has 1 N–H and O–H groups in total. The summed E-state index contributed by atoms with van der Waals surface area (Å²) in [5, 5.41) is 0. The Hall–Kier alpha value is -1.31. The standard InChI is InChI=1S/C7H7NO/c1-2-6-3-4-7(5-9)8-6/h2-5,8H,1H2. The van der Waals surface area contributed by atoms with E-state index in [4.69, 9.17) is 0 Å². The van der Waals surface area contributed by atoms with Crippen LogP contribution in [0.1, 0.15) is 16.2 Å². The number of carbonyl (C=O) groups is 1. The van der Waals surface area contributed by atoms with E-state index >= 15 is 0 Å². The predicted molar refractivity (Wildman–Crippen MR) is 36.3 cm³/mol. The Morgan fingerprint density at radius 2 is 2.11 bits per heavy atom. The molecule has 0 aliphatic heterocycles. The number of hydrogen-bond acceptors (Lipinski definition) is 1. The first-order valence-corrected chi connectivity index (χ1v) is 2.63. The second-order valence-electron chi connectivity index (χ2n) is 1.69. The molecule has 0 saturated heterocycles. The minimum absolute atomic E-state index is 0.588. The highest BCUT2D eigenvalue weighted by molar-refractivity contribution is 5.72. The molecule has 0 saturated carbocycles. The number of nitrogens with one attached hydrogen (secondary N) is 1. The Morgan fingerprint density at radius 3 is 2.44 bits per heavy atom. The summed E-state index contributed by atoms with van der Waals surface area (Å²) in [6.45, 7) is 3.53. The highest BCUT2D eigenvalue weighted by Gasteiger charge is 1.89. The van der Waals surface area contributed by atoms with Crippen molar-refractivity contribution in [3.63, 3.8) is 0 Å². The first-order chi connectivity index (χ1) is 4.36. The summed E-state index contributed by atoms with van der Waals surface area (Å²) in [5.74, 6) is 0. The van der Waals surface area contributed by atoms with Gasteiger partial charge in [-0.1, -0.05) is 6.58 Å². The van der Waals surface area contributed by atoms with Crippen LogP contribution in [-0.4, -0.2) is 11.3 Å². The lowest BCUT2D eigenvalue weighted by Crippen LogP contribution is -1.76. The Balaban J connectivity index is 2.98. The Morgan fingerprint density at radius 1 is 1.44 bits per heavy atom. The van der Waals surface area contributed by atoms with Gasteiger partial charge in [0.2, 0.25) is 0 Å². The van der Waals surface area contributed by atoms with E-state index < -0.39 is 0 Å². The number of carbonyl (C=O) groups excluding carboxylic acids is 1. The molecule has 1 aromatic rings. The Labute approximate surface area is 53.2 Å². The lowest BCUT2D eigenvalue weighted by molar-refractivity contribution is 0.111. The molecule has 0 radical (unpaired) electrons. The summed E-state index contributed by atoms with van der Waals surface area (Å²) in [7, 11) is 0. The molecule has 0 aromatic carbocycles. The molecule has 1 rings (SSSR count). The molecule has 1 heterocycles. The topological polar surface area (TPSA) is 32.9 Å². The molecule has 0 atom stereocenters. The lowest BCUT2D eigenvalue weighted by atomic mass is 10.4. The van der Waals surface area contributed by atoms with Crippen molar-refractivity contribution in [3.05, 3.63) is 30.1 Å². The molecule has 0 amide bonds. The van der Waals surface area contributed by atoms with Gasteiger partial charge in [-0.05, 0) is 18.2 Å². The van der Waals surface area contributed by atoms with Crippen molar-refractivity contribution in [2.45, 2.75) is 0 Å². The zero-order chi connectivity index (χ0) is 6.69. The molecular formula is C7H7NO. The van der Waals surface area contributed by atoms with E-state index in [1.807, 2.05) is 0 Å². The van der Waals surface area contributed by atoms with E-state index in [0.717, 1.165) is 12.0 Å². The van der Waals surface area contributed by atoms with Crippen LogP contribution in [0.25, 0.3) is 6.08 Å². The third-order valence-electron chi connectivity index (χ3n) is 1.08. The number of hydrogen-bond donors (Lipinski definition) is 1. The number of aldehydes is 1. The maximum atomic E-state index is 10.1. The molecule has 9 heavy (non-hydrogen) atoms. The van der Waals surface area contributed by atoms with Crippen molar-refractivity contribution in [3.8, 4) is 0 Å². The van der Waals surface area contributed by atoms with Crippen molar-refractivity contribution in [1.29, 1.82) is 0 Å². The number of aromatic amines is 1. The quantitative estimate of drug-likeness (QED) is 0.590. The normalized spacial score (nSPS) is 8.89. The van der Waals surface area contributed by atoms with E-state index in [0.29, 0.717) is 5.69 Å². The van der Waals surface area contributed by atoms with Crippen molar-refractivity contribution in [2.24, 2.45) is 0 Å². The minimum atomic E-state index is 0.588. The molecule has 0 spiro atoms. The SMILES string of the molecule is C=Cc1ccc(C=O)[nH]1. The average molecular weight is 121 g/mol. The van der Waals surface area contributed by atoms with Crippen LogP contribution in [-0.2, 0) is 0 Å². The van der Waals surface area contributed by atoms with Gasteiger partial charge < -0.3 is 4.98 Å². The summed E-state index contributed by atoms with van der Waals surface area (Å²) in [5.41, 5.74) is 1.46. The zero-order valence-electron chi connectivity index (χ0n) is 4.92. The zero-order valence-corrected chi connectivity index (χ0v) is 4.92. The average Bonchev–Trinajstić information content (AvgIpc) is 2.34. The lowest BCUT2D eigenvalue weighted by Gasteiger charge is -1.79. The van der Waals surface area contributed by atoms with Crippen LogP contribution in [0.4, 0.5) is 0 Å². The highest BCUT2D eigenvalue weighted by Crippen LogP contribution is 1.99. The van der Waals surface area contributed by atoms with Gasteiger partial charge >= 0.3 is 0 Å². The summed E-state index contributed by atoms with van der Waals surface area (Å²) in [6, 6.07) is 3.51. The van der Waals surface area contributed by atoms with Gasteiger partial charge in [-0.2, -0.15) is 0 Å². The third kappa shape index (κ3) is 1.08. The molecule has 0 aliphatic carbocycles. The highest BCUT2D eigenvalue weighted by atomic mass is 16.1. The van der Waals surface area contributed by atoms with Crippen LogP contribution in [0.2, 0.25) is 0 Å². The van der Waals surface area contributed by atoms with Crippen molar-refractivity contribution in [2.75, 3.05) is 0 Å². The fraction of sp³-hybridized carbons (Fsp3) is 0. The van der Waals surface area contributed by atoms with Crippen LogP contribution in [0.5, 0.6) is 0 Å². The second-order valence-corrected chi connectivity index (χ2v) is 1.69. The maximum absolute atomic E-state index is 10.1. The fourth-order valence-corrected chi connectivity index (χ4v) is 0.617. The van der Waals surface area contributed by atoms with Crippen molar-refractivity contribution in [1.82, 2.24) is 4.98 Å². The molecule has 0 unspecified atom stereocenters. The molecule has 0 fully saturated rings. The second kappa shape index (κ2) is 2.31. The largest absolute Gasteiger partial charge is 0.353 e. The van der Waals surface area contributed by atoms with Gasteiger partial charge in [0.15, 0.2) is 6.29 Å². The Kier molecular flexibility index (Phi) is 1.49. The van der Waals surface area contributed by atoms with E-state index in [1.165, 1.54) is 0 Å². The van der Waals surface area contributed by atoms with E-state index in [1.54, 1.807) is 18.2 Å². The predicted octanol–water partition coefficient (Wildman–Crippen LogP) is 1.47. The van der Waals surface area contributed by atoms with Gasteiger partial charge in [-0.3, -0.25) is 4.79 Å². The van der Waals surface area contributed by atoms with E-state index in [-0.39, 0.29) is 0 Å². The fourth-order valence-electron chi connectivity index (χ4n) is 0.617. The molecule has 2 heteroatoms. The van der Waals surface area contributed by atoms with Crippen LogP contribution >= 0.6 is 0 Å². The molecule has 0 bridgehead atoms. The van der Waals surface area contributed by atoms with Gasteiger partial charge in [0.05, 0.1) is 5.69 Å². The number of rotatable bonds is 2. The third-order valence-corrected chi connectivity index (χ3v) is 1.08. The van der Waals surface area contributed by atoms with Crippen LogP contribution < -0.4 is 0 Å². The summed E-state index contributed by atoms with van der Waals surface area (Å²) in [6.07, 6.45) is 2.43. The summed E-state index contributed by atoms with van der Waals surface area (Å²) in [4.78, 5) is 12.9. The van der Waals surface area contributed by atoms with Gasteiger partial charge in [0.25, 0.3) is 0 Å². The molecule has 0 aliphatic rings. The first kappa shape index (κ1) is 5.82. The van der Waals surface area contributed by atoms with Crippen molar-refractivity contribution < 1.29 is 4.79 Å². The van der Waals surface area contributed by atoms with Gasteiger partial charge in [0, 0.05) is 5.69 Å². The maximum Gasteiger partial charge on any atom is 0.166 e. The van der Waals surface area contributed by atoms with Crippen molar-refractivity contribution >= 4 is 12.4 Å². The van der Waals surface area contributed by atoms with Crippen LogP contribution in [0, 0.1) is 0 Å². The van der Waals surface area contributed by atoms with Gasteiger partial charge in [-0.25, -0.2) is 0 Å². The number of H-pyrrole nitrogens is 1. The van der Waals surface area contributed by atoms with Gasteiger partial charge in [-0.15, -0.1) is 0 Å². The first-order valence-electron chi connectivity index (χ1n) is 2.63. The number of aromatic nitrogens is 1. The van der Waals surface area contributed by atoms with Gasteiger partial charge in [0.1, 0.15) is 0 Å². The molecular weight excluding hydrogens is 114 g/mol. The van der Waals surface area contributed by atoms with Crippen LogP contribution in [0.15, 0.2) is 18.7 Å². The molecule has 1 aromatic heterocycles. The summed E-state index contributed by atoms with van der Waals surface area (Å²) >= 11 is 0. The summed E-state index contributed by atoms with van der Waals surface area (Å²) < 4.78 is 0. The Bertz CT molecular complexity index is 202. The van der Waals surface area contributed by atoms with E-state index in [2.05, 4.69) is 11.6 Å². The van der Waals surface area contributed by atoms with Crippen LogP contribution in [0.3, 0.4) is 0 Å². The smallest absolute Gasteiger partial charge is 0.166 e. The molecule has 46 valence electrons. The molecule has 2 nitrogen and oxygen atoms in total. The monoisotopic (exact) mass is 121 g/mol.